The van der Waals surface area contributed by atoms with Crippen LogP contribution in [0.1, 0.15) is 101 Å². The lowest BCUT2D eigenvalue weighted by atomic mass is 9.93. The highest BCUT2D eigenvalue weighted by atomic mass is 79.9. The highest BCUT2D eigenvalue weighted by Crippen LogP contribution is 2.34. The first-order chi connectivity index (χ1) is 12.9. The predicted octanol–water partition coefficient (Wildman–Crippen LogP) is 8.56. The monoisotopic (exact) mass is 510 g/mol. The lowest BCUT2D eigenvalue weighted by Gasteiger charge is -2.16. The Kier molecular flexibility index (Phi) is 9.55. The van der Waals surface area contributed by atoms with Gasteiger partial charge in [-0.3, -0.25) is 0 Å². The molecule has 0 fully saturated rings. The average Bonchev–Trinajstić information content (AvgIpc) is 2.58. The summed E-state index contributed by atoms with van der Waals surface area (Å²) in [5.41, 5.74) is 19.1. The first-order valence-electron chi connectivity index (χ1n) is 10.0. The molecule has 0 atom stereocenters. The van der Waals surface area contributed by atoms with E-state index in [1.807, 2.05) is 0 Å². The zero-order valence-electron chi connectivity index (χ0n) is 18.5. The van der Waals surface area contributed by atoms with Crippen LogP contribution in [-0.2, 0) is 0 Å². The molecule has 0 aliphatic heterocycles. The molecule has 2 aromatic carbocycles. The number of rotatable bonds is 4. The van der Waals surface area contributed by atoms with Crippen LogP contribution in [0.25, 0.3) is 0 Å². The molecular formula is C24H36Br2N2. The zero-order chi connectivity index (χ0) is 21.8. The Bertz CT molecular complexity index is 668. The second-order valence-corrected chi connectivity index (χ2v) is 10.4. The first kappa shape index (κ1) is 25.0. The Morgan fingerprint density at radius 3 is 0.821 bits per heavy atom. The van der Waals surface area contributed by atoms with E-state index in [0.717, 1.165) is 20.3 Å². The van der Waals surface area contributed by atoms with Crippen molar-refractivity contribution in [2.45, 2.75) is 79.1 Å². The van der Waals surface area contributed by atoms with E-state index in [1.165, 1.54) is 22.3 Å². The van der Waals surface area contributed by atoms with Gasteiger partial charge in [0.25, 0.3) is 0 Å². The van der Waals surface area contributed by atoms with E-state index in [9.17, 15) is 0 Å². The van der Waals surface area contributed by atoms with Gasteiger partial charge in [-0.05, 0) is 70.2 Å². The summed E-state index contributed by atoms with van der Waals surface area (Å²) in [6.07, 6.45) is 0. The van der Waals surface area contributed by atoms with E-state index in [-0.39, 0.29) is 0 Å². The van der Waals surface area contributed by atoms with Crippen LogP contribution >= 0.6 is 31.9 Å². The molecule has 0 amide bonds. The number of halogens is 2. The van der Waals surface area contributed by atoms with E-state index >= 15 is 0 Å². The van der Waals surface area contributed by atoms with Crippen molar-refractivity contribution in [2.75, 3.05) is 11.5 Å². The van der Waals surface area contributed by atoms with Gasteiger partial charge in [0, 0.05) is 20.3 Å². The van der Waals surface area contributed by atoms with E-state index in [4.69, 9.17) is 11.5 Å². The molecule has 156 valence electrons. The van der Waals surface area contributed by atoms with Crippen LogP contribution in [-0.4, -0.2) is 0 Å². The molecule has 2 nitrogen and oxygen atoms in total. The topological polar surface area (TPSA) is 52.0 Å². The summed E-state index contributed by atoms with van der Waals surface area (Å²) < 4.78 is 2.25. The largest absolute Gasteiger partial charge is 0.398 e. The lowest BCUT2D eigenvalue weighted by molar-refractivity contribution is 0.838. The summed E-state index contributed by atoms with van der Waals surface area (Å²) in [4.78, 5) is 0. The van der Waals surface area contributed by atoms with Gasteiger partial charge in [-0.1, -0.05) is 87.2 Å². The molecule has 2 rings (SSSR count). The second kappa shape index (κ2) is 10.7. The third-order valence-electron chi connectivity index (χ3n) is 4.91. The van der Waals surface area contributed by atoms with Gasteiger partial charge in [-0.2, -0.15) is 0 Å². The van der Waals surface area contributed by atoms with Gasteiger partial charge >= 0.3 is 0 Å². The van der Waals surface area contributed by atoms with Crippen LogP contribution in [0.4, 0.5) is 11.4 Å². The van der Waals surface area contributed by atoms with Crippen LogP contribution in [0.2, 0.25) is 0 Å². The fraction of sp³-hybridized carbons (Fsp3) is 0.500. The Labute approximate surface area is 188 Å². The van der Waals surface area contributed by atoms with Gasteiger partial charge in [-0.15, -0.1) is 0 Å². The summed E-state index contributed by atoms with van der Waals surface area (Å²) in [7, 11) is 0. The maximum absolute atomic E-state index is 6.13. The summed E-state index contributed by atoms with van der Waals surface area (Å²) >= 11 is 7.06. The molecule has 0 heterocycles. The fourth-order valence-corrected chi connectivity index (χ4v) is 4.22. The minimum atomic E-state index is 0.477. The molecule has 0 bridgehead atoms. The van der Waals surface area contributed by atoms with Crippen molar-refractivity contribution in [3.05, 3.63) is 55.5 Å². The fourth-order valence-electron chi connectivity index (χ4n) is 3.23. The average molecular weight is 512 g/mol. The molecule has 0 aromatic heterocycles. The minimum absolute atomic E-state index is 0.477. The Morgan fingerprint density at radius 1 is 0.500 bits per heavy atom. The SMILES string of the molecule is CC(C)c1cc(Br)cc(C(C)C)c1N.CC(C)c1cc(Br)cc(C(C)C)c1N. The Hall–Kier alpha value is -1.00. The minimum Gasteiger partial charge on any atom is -0.398 e. The van der Waals surface area contributed by atoms with Gasteiger partial charge in [0.05, 0.1) is 0 Å². The predicted molar refractivity (Wildman–Crippen MR) is 133 cm³/mol. The maximum atomic E-state index is 6.13. The number of benzene rings is 2. The molecule has 0 spiro atoms. The van der Waals surface area contributed by atoms with Crippen molar-refractivity contribution in [1.29, 1.82) is 0 Å². The molecule has 0 aliphatic rings. The summed E-state index contributed by atoms with van der Waals surface area (Å²) in [5.74, 6) is 1.91. The lowest BCUT2D eigenvalue weighted by Crippen LogP contribution is -2.03. The number of hydrogen-bond acceptors (Lipinski definition) is 2. The third-order valence-corrected chi connectivity index (χ3v) is 5.82. The molecule has 0 radical (unpaired) electrons. The highest BCUT2D eigenvalue weighted by Gasteiger charge is 2.13. The molecule has 4 heteroatoms. The van der Waals surface area contributed by atoms with Crippen LogP contribution < -0.4 is 11.5 Å². The third kappa shape index (κ3) is 6.52. The smallest absolute Gasteiger partial charge is 0.0385 e. The molecule has 4 N–H and O–H groups in total. The molecule has 0 saturated carbocycles. The summed E-state index contributed by atoms with van der Waals surface area (Å²) in [6, 6.07) is 8.47. The molecule has 0 unspecified atom stereocenters. The Morgan fingerprint density at radius 2 is 0.679 bits per heavy atom. The Balaban J connectivity index is 0.000000280. The van der Waals surface area contributed by atoms with Crippen molar-refractivity contribution in [1.82, 2.24) is 0 Å². The van der Waals surface area contributed by atoms with E-state index < -0.39 is 0 Å². The van der Waals surface area contributed by atoms with E-state index in [2.05, 4.69) is 112 Å². The standard InChI is InChI=1S/2C12H18BrN/c2*1-7(2)10-5-9(13)6-11(8(3)4)12(10)14/h2*5-8H,14H2,1-4H3. The van der Waals surface area contributed by atoms with E-state index in [0.29, 0.717) is 23.7 Å². The van der Waals surface area contributed by atoms with Gasteiger partial charge in [0.15, 0.2) is 0 Å². The normalized spacial score (nSPS) is 11.4. The molecule has 0 saturated heterocycles. The van der Waals surface area contributed by atoms with Crippen molar-refractivity contribution in [3.8, 4) is 0 Å². The quantitative estimate of drug-likeness (QED) is 0.404. The van der Waals surface area contributed by atoms with Crippen molar-refractivity contribution in [3.63, 3.8) is 0 Å². The van der Waals surface area contributed by atoms with Gasteiger partial charge in [0.2, 0.25) is 0 Å². The highest BCUT2D eigenvalue weighted by molar-refractivity contribution is 9.10. The number of nitrogens with two attached hydrogens (primary N) is 2. The van der Waals surface area contributed by atoms with Gasteiger partial charge in [0.1, 0.15) is 0 Å². The van der Waals surface area contributed by atoms with Crippen LogP contribution in [0.5, 0.6) is 0 Å². The van der Waals surface area contributed by atoms with Crippen LogP contribution in [0, 0.1) is 0 Å². The maximum Gasteiger partial charge on any atom is 0.0385 e. The zero-order valence-corrected chi connectivity index (χ0v) is 21.7. The van der Waals surface area contributed by atoms with E-state index in [1.54, 1.807) is 0 Å². The number of hydrogen-bond donors (Lipinski definition) is 2. The molecule has 2 aromatic rings. The van der Waals surface area contributed by atoms with Crippen LogP contribution in [0.15, 0.2) is 33.2 Å². The number of nitrogen functional groups attached to an aromatic ring is 2. The molecule has 0 aliphatic carbocycles. The van der Waals surface area contributed by atoms with Gasteiger partial charge in [-0.25, -0.2) is 0 Å². The summed E-state index contributed by atoms with van der Waals surface area (Å²) in [6.45, 7) is 17.4. The van der Waals surface area contributed by atoms with Crippen molar-refractivity contribution >= 4 is 43.2 Å². The van der Waals surface area contributed by atoms with Gasteiger partial charge < -0.3 is 11.5 Å². The second-order valence-electron chi connectivity index (χ2n) is 8.61. The van der Waals surface area contributed by atoms with Crippen molar-refractivity contribution < 1.29 is 0 Å². The van der Waals surface area contributed by atoms with Crippen molar-refractivity contribution in [2.24, 2.45) is 0 Å². The summed E-state index contributed by atoms with van der Waals surface area (Å²) in [5, 5.41) is 0. The van der Waals surface area contributed by atoms with Crippen LogP contribution in [0.3, 0.4) is 0 Å². The molecular weight excluding hydrogens is 476 g/mol. The number of anilines is 2. The first-order valence-corrected chi connectivity index (χ1v) is 11.6. The molecule has 28 heavy (non-hydrogen) atoms.